The van der Waals surface area contributed by atoms with E-state index in [2.05, 4.69) is 10.2 Å². The third kappa shape index (κ3) is 1.21. The zero-order chi connectivity index (χ0) is 10.1. The SMILES string of the molecule is CSc1c[nH]c2c(F)ccc(N=O)c12. The molecule has 0 saturated heterocycles. The molecule has 0 saturated carbocycles. The predicted octanol–water partition coefficient (Wildman–Crippen LogP) is 3.43. The van der Waals surface area contributed by atoms with Gasteiger partial charge in [0.2, 0.25) is 0 Å². The van der Waals surface area contributed by atoms with Gasteiger partial charge in [-0.25, -0.2) is 4.39 Å². The highest BCUT2D eigenvalue weighted by Crippen LogP contribution is 2.34. The average molecular weight is 210 g/mol. The Morgan fingerprint density at radius 2 is 2.29 bits per heavy atom. The number of thioether (sulfide) groups is 1. The molecule has 0 amide bonds. The van der Waals surface area contributed by atoms with E-state index in [4.69, 9.17) is 0 Å². The minimum atomic E-state index is -0.368. The molecule has 0 spiro atoms. The van der Waals surface area contributed by atoms with Crippen molar-refractivity contribution in [2.45, 2.75) is 4.90 Å². The van der Waals surface area contributed by atoms with E-state index in [9.17, 15) is 9.30 Å². The monoisotopic (exact) mass is 210 g/mol. The summed E-state index contributed by atoms with van der Waals surface area (Å²) in [6, 6.07) is 2.62. The van der Waals surface area contributed by atoms with E-state index in [0.29, 0.717) is 10.9 Å². The van der Waals surface area contributed by atoms with Gasteiger partial charge in [0.05, 0.1) is 5.52 Å². The summed E-state index contributed by atoms with van der Waals surface area (Å²) < 4.78 is 13.3. The summed E-state index contributed by atoms with van der Waals surface area (Å²) in [6.07, 6.45) is 3.54. The quantitative estimate of drug-likeness (QED) is 0.609. The molecular formula is C9H7FN2OS. The number of nitrogens with zero attached hydrogens (tertiary/aromatic N) is 1. The minimum Gasteiger partial charge on any atom is -0.358 e. The van der Waals surface area contributed by atoms with Gasteiger partial charge in [-0.3, -0.25) is 0 Å². The van der Waals surface area contributed by atoms with Crippen molar-refractivity contribution in [3.8, 4) is 0 Å². The smallest absolute Gasteiger partial charge is 0.147 e. The fourth-order valence-electron chi connectivity index (χ4n) is 1.40. The molecule has 72 valence electrons. The Kier molecular flexibility index (Phi) is 2.25. The Bertz CT molecular complexity index is 495. The molecule has 0 fully saturated rings. The highest BCUT2D eigenvalue weighted by molar-refractivity contribution is 7.98. The van der Waals surface area contributed by atoms with Crippen LogP contribution < -0.4 is 0 Å². The van der Waals surface area contributed by atoms with Crippen LogP contribution >= 0.6 is 11.8 Å². The number of nitrogens with one attached hydrogen (secondary N) is 1. The summed E-state index contributed by atoms with van der Waals surface area (Å²) in [5.74, 6) is -0.368. The molecular weight excluding hydrogens is 203 g/mol. The summed E-state index contributed by atoms with van der Waals surface area (Å²) in [4.78, 5) is 14.1. The van der Waals surface area contributed by atoms with Crippen molar-refractivity contribution in [3.63, 3.8) is 0 Å². The molecule has 0 aliphatic carbocycles. The van der Waals surface area contributed by atoms with Crippen molar-refractivity contribution >= 4 is 28.4 Å². The van der Waals surface area contributed by atoms with E-state index in [0.717, 1.165) is 4.90 Å². The second-order valence-electron chi connectivity index (χ2n) is 2.76. The van der Waals surface area contributed by atoms with E-state index in [1.807, 2.05) is 6.26 Å². The number of halogens is 1. The molecule has 3 nitrogen and oxygen atoms in total. The molecule has 0 atom stereocenters. The molecule has 0 aliphatic heterocycles. The van der Waals surface area contributed by atoms with Crippen LogP contribution in [-0.2, 0) is 0 Å². The van der Waals surface area contributed by atoms with Crippen LogP contribution in [-0.4, -0.2) is 11.2 Å². The molecule has 0 radical (unpaired) electrons. The second-order valence-corrected chi connectivity index (χ2v) is 3.61. The van der Waals surface area contributed by atoms with Crippen LogP contribution in [0.5, 0.6) is 0 Å². The fourth-order valence-corrected chi connectivity index (χ4v) is 1.99. The predicted molar refractivity (Wildman–Crippen MR) is 55.5 cm³/mol. The van der Waals surface area contributed by atoms with Crippen molar-refractivity contribution in [1.29, 1.82) is 0 Å². The maximum Gasteiger partial charge on any atom is 0.147 e. The highest BCUT2D eigenvalue weighted by Gasteiger charge is 2.11. The van der Waals surface area contributed by atoms with E-state index >= 15 is 0 Å². The Balaban J connectivity index is 2.88. The van der Waals surface area contributed by atoms with Crippen LogP contribution in [0.25, 0.3) is 10.9 Å². The van der Waals surface area contributed by atoms with Crippen molar-refractivity contribution in [2.24, 2.45) is 5.18 Å². The number of aromatic amines is 1. The topological polar surface area (TPSA) is 45.2 Å². The summed E-state index contributed by atoms with van der Waals surface area (Å²) in [5, 5.41) is 3.43. The minimum absolute atomic E-state index is 0.270. The second kappa shape index (κ2) is 3.42. The number of hydrogen-bond donors (Lipinski definition) is 1. The van der Waals surface area contributed by atoms with Gasteiger partial charge in [0.15, 0.2) is 0 Å². The third-order valence-electron chi connectivity index (χ3n) is 2.04. The number of hydrogen-bond acceptors (Lipinski definition) is 3. The highest BCUT2D eigenvalue weighted by atomic mass is 32.2. The van der Waals surface area contributed by atoms with Gasteiger partial charge in [-0.05, 0) is 23.6 Å². The lowest BCUT2D eigenvalue weighted by Crippen LogP contribution is -1.77. The van der Waals surface area contributed by atoms with Crippen LogP contribution in [0.2, 0.25) is 0 Å². The number of H-pyrrole nitrogens is 1. The van der Waals surface area contributed by atoms with Gasteiger partial charge in [-0.2, -0.15) is 0 Å². The number of rotatable bonds is 2. The summed E-state index contributed by atoms with van der Waals surface area (Å²) in [7, 11) is 0. The Morgan fingerprint density at radius 3 is 2.93 bits per heavy atom. The zero-order valence-electron chi connectivity index (χ0n) is 7.37. The fraction of sp³-hybridized carbons (Fsp3) is 0.111. The summed E-state index contributed by atoms with van der Waals surface area (Å²) in [5.41, 5.74) is 0.610. The van der Waals surface area contributed by atoms with Crippen molar-refractivity contribution < 1.29 is 4.39 Å². The van der Waals surface area contributed by atoms with Crippen LogP contribution in [0.15, 0.2) is 28.4 Å². The van der Waals surface area contributed by atoms with E-state index in [1.54, 1.807) is 6.20 Å². The maximum absolute atomic E-state index is 13.3. The van der Waals surface area contributed by atoms with Gasteiger partial charge >= 0.3 is 0 Å². The first-order valence-corrected chi connectivity index (χ1v) is 5.17. The van der Waals surface area contributed by atoms with Gasteiger partial charge in [0, 0.05) is 16.5 Å². The lowest BCUT2D eigenvalue weighted by Gasteiger charge is -1.97. The molecule has 1 aromatic carbocycles. The standard InChI is InChI=1S/C9H7FN2OS/c1-14-7-4-11-9-5(10)2-3-6(12-13)8(7)9/h2-4,11H,1H3. The van der Waals surface area contributed by atoms with Gasteiger partial charge in [0.1, 0.15) is 11.5 Å². The number of aromatic nitrogens is 1. The van der Waals surface area contributed by atoms with Crippen LogP contribution in [0.4, 0.5) is 10.1 Å². The number of benzene rings is 1. The first kappa shape index (κ1) is 9.21. The first-order chi connectivity index (χ1) is 6.77. The van der Waals surface area contributed by atoms with Gasteiger partial charge in [-0.15, -0.1) is 16.7 Å². The van der Waals surface area contributed by atoms with E-state index in [1.165, 1.54) is 23.9 Å². The van der Waals surface area contributed by atoms with Crippen LogP contribution in [0.3, 0.4) is 0 Å². The molecule has 0 unspecified atom stereocenters. The van der Waals surface area contributed by atoms with Crippen molar-refractivity contribution in [2.75, 3.05) is 6.26 Å². The van der Waals surface area contributed by atoms with E-state index in [-0.39, 0.29) is 11.5 Å². The Labute approximate surface area is 83.7 Å². The lowest BCUT2D eigenvalue weighted by molar-refractivity contribution is 0.637. The largest absolute Gasteiger partial charge is 0.358 e. The first-order valence-electron chi connectivity index (χ1n) is 3.95. The van der Waals surface area contributed by atoms with Gasteiger partial charge < -0.3 is 4.98 Å². The maximum atomic E-state index is 13.3. The van der Waals surface area contributed by atoms with Crippen molar-refractivity contribution in [3.05, 3.63) is 29.1 Å². The Morgan fingerprint density at radius 1 is 1.50 bits per heavy atom. The molecule has 2 rings (SSSR count). The normalized spacial score (nSPS) is 10.7. The molecule has 0 aliphatic rings. The average Bonchev–Trinajstić information content (AvgIpc) is 2.63. The summed E-state index contributed by atoms with van der Waals surface area (Å²) >= 11 is 1.45. The van der Waals surface area contributed by atoms with Crippen molar-refractivity contribution in [1.82, 2.24) is 4.98 Å². The molecule has 1 heterocycles. The zero-order valence-corrected chi connectivity index (χ0v) is 8.19. The van der Waals surface area contributed by atoms with E-state index < -0.39 is 0 Å². The molecule has 1 N–H and O–H groups in total. The molecule has 2 aromatic rings. The van der Waals surface area contributed by atoms with Crippen LogP contribution in [0.1, 0.15) is 0 Å². The summed E-state index contributed by atoms with van der Waals surface area (Å²) in [6.45, 7) is 0. The number of fused-ring (bicyclic) bond motifs is 1. The van der Waals surface area contributed by atoms with Gasteiger partial charge in [-0.1, -0.05) is 0 Å². The molecule has 0 bridgehead atoms. The number of nitroso groups, excluding NO2 is 1. The molecule has 5 heteroatoms. The lowest BCUT2D eigenvalue weighted by atomic mass is 10.2. The molecule has 1 aromatic heterocycles. The third-order valence-corrected chi connectivity index (χ3v) is 2.81. The van der Waals surface area contributed by atoms with Gasteiger partial charge in [0.25, 0.3) is 0 Å². The Hall–Kier alpha value is -1.36. The van der Waals surface area contributed by atoms with Crippen LogP contribution in [0, 0.1) is 10.7 Å². The molecule has 14 heavy (non-hydrogen) atoms.